The molecule has 4 nitrogen and oxygen atoms in total. The molecule has 0 unspecified atom stereocenters. The van der Waals surface area contributed by atoms with Gasteiger partial charge in [0, 0.05) is 5.56 Å². The number of carbonyl (C=O) groups is 1. The smallest absolute Gasteiger partial charge is 0.265 e. The highest BCUT2D eigenvalue weighted by atomic mass is 31.0. The zero-order chi connectivity index (χ0) is 20.0. The first-order valence-corrected chi connectivity index (χ1v) is 8.93. The minimum Gasteiger partial charge on any atom is -0.290 e. The van der Waals surface area contributed by atoms with E-state index in [1.165, 1.54) is 5.56 Å². The van der Waals surface area contributed by atoms with Crippen LogP contribution in [0.3, 0.4) is 0 Å². The maximum absolute atomic E-state index is 12.5. The van der Waals surface area contributed by atoms with Gasteiger partial charge in [0.25, 0.3) is 5.91 Å². The summed E-state index contributed by atoms with van der Waals surface area (Å²) in [6, 6.07) is 20.3. The molecule has 0 aliphatic heterocycles. The lowest BCUT2D eigenvalue weighted by atomic mass is 9.82. The van der Waals surface area contributed by atoms with Gasteiger partial charge in [-0.25, -0.2) is 5.84 Å². The molecule has 27 heavy (non-hydrogen) atoms. The molecule has 0 bridgehead atoms. The Hall–Kier alpha value is -2.81. The van der Waals surface area contributed by atoms with E-state index in [1.54, 1.807) is 9.12 Å². The molecule has 0 saturated heterocycles. The normalized spacial score (nSPS) is 9.93. The fourth-order valence-corrected chi connectivity index (χ4v) is 3.71. The van der Waals surface area contributed by atoms with Crippen LogP contribution in [0.5, 0.6) is 0 Å². The second-order valence-corrected chi connectivity index (χ2v) is 6.21. The first-order valence-electron chi connectivity index (χ1n) is 8.52. The highest BCUT2D eigenvalue weighted by Crippen LogP contribution is 2.39. The molecule has 3 rings (SSSR count). The summed E-state index contributed by atoms with van der Waals surface area (Å²) >= 11 is 0. The van der Waals surface area contributed by atoms with Gasteiger partial charge in [0.1, 0.15) is 9.12 Å². The van der Waals surface area contributed by atoms with Gasteiger partial charge in [-0.05, 0) is 59.7 Å². The molecule has 0 atom stereocenters. The average Bonchev–Trinajstić information content (AvgIpc) is 2.71. The largest absolute Gasteiger partial charge is 0.290 e. The molecule has 1 amide bonds. The van der Waals surface area contributed by atoms with Crippen molar-refractivity contribution in [3.8, 4) is 22.3 Å². The van der Waals surface area contributed by atoms with Crippen molar-refractivity contribution in [2.45, 2.75) is 20.8 Å². The van der Waals surface area contributed by atoms with Crippen molar-refractivity contribution in [2.24, 2.45) is 5.84 Å². The summed E-state index contributed by atoms with van der Waals surface area (Å²) in [5, 5.41) is 0. The van der Waals surface area contributed by atoms with Gasteiger partial charge in [-0.2, -0.15) is 0 Å². The first-order chi connectivity index (χ1) is 13.1. The van der Waals surface area contributed by atoms with Gasteiger partial charge in [0.05, 0.1) is 0 Å². The number of carbonyl (C=O) groups excluding carboxylic acids is 1. The van der Waals surface area contributed by atoms with Crippen LogP contribution in [0.15, 0.2) is 60.7 Å². The Morgan fingerprint density at radius 1 is 0.741 bits per heavy atom. The zero-order valence-corrected chi connectivity index (χ0v) is 16.7. The summed E-state index contributed by atoms with van der Waals surface area (Å²) in [7, 11) is 1.72. The zero-order valence-electron chi connectivity index (χ0n) is 15.7. The van der Waals surface area contributed by atoms with Crippen molar-refractivity contribution in [1.82, 2.24) is 5.43 Å². The second-order valence-electron chi connectivity index (χ2n) is 6.21. The number of nitrogens with two attached hydrogens (primary N) is 1. The third-order valence-electron chi connectivity index (χ3n) is 4.73. The number of nitrogens with one attached hydrogen (secondary N) is 1. The van der Waals surface area contributed by atoms with Crippen molar-refractivity contribution < 1.29 is 9.36 Å². The van der Waals surface area contributed by atoms with Crippen LogP contribution in [-0.4, -0.2) is 5.91 Å². The topological polar surface area (TPSA) is 72.2 Å². The minimum atomic E-state index is -0.260. The summed E-state index contributed by atoms with van der Waals surface area (Å²) in [5.41, 5.74) is 10.4. The number of benzene rings is 3. The quantitative estimate of drug-likeness (QED) is 0.291. The monoisotopic (exact) mass is 378 g/mol. The fraction of sp³-hybridized carbons (Fsp3) is 0.136. The van der Waals surface area contributed by atoms with E-state index in [4.69, 9.17) is 10.4 Å². The number of amides is 1. The van der Waals surface area contributed by atoms with Crippen LogP contribution in [0.1, 0.15) is 27.0 Å². The molecule has 3 N–H and O–H groups in total. The van der Waals surface area contributed by atoms with Crippen molar-refractivity contribution in [3.05, 3.63) is 82.9 Å². The predicted octanol–water partition coefficient (Wildman–Crippen LogP) is 5.02. The molecular formula is C22H23N2O2P. The standard InChI is InChI=1S/C22H22N2O.HOP/c1-14-19(17-10-6-4-7-11-17)15(2)21(22(25)24-23)16(3)20(14)18-12-8-5-9-13-18;1-2/h4-13H,23H2,1-3H3,(H,24,25);2H. The highest BCUT2D eigenvalue weighted by molar-refractivity contribution is 7.00. The fourth-order valence-electron chi connectivity index (χ4n) is 3.71. The minimum absolute atomic E-state index is 0.260. The number of hydrogen-bond acceptors (Lipinski definition) is 3. The van der Waals surface area contributed by atoms with E-state index in [1.807, 2.05) is 50.2 Å². The van der Waals surface area contributed by atoms with Crippen LogP contribution in [0.4, 0.5) is 0 Å². The summed E-state index contributed by atoms with van der Waals surface area (Å²) in [4.78, 5) is 12.5. The van der Waals surface area contributed by atoms with E-state index in [9.17, 15) is 4.79 Å². The van der Waals surface area contributed by atoms with Crippen LogP contribution < -0.4 is 11.3 Å². The summed E-state index contributed by atoms with van der Waals surface area (Å²) in [5.74, 6) is 5.20. The molecule has 0 radical (unpaired) electrons. The van der Waals surface area contributed by atoms with Gasteiger partial charge in [0.15, 0.2) is 0 Å². The van der Waals surface area contributed by atoms with Crippen molar-refractivity contribution >= 4 is 15.0 Å². The van der Waals surface area contributed by atoms with E-state index < -0.39 is 0 Å². The van der Waals surface area contributed by atoms with Crippen LogP contribution in [0, 0.1) is 20.8 Å². The van der Waals surface area contributed by atoms with Crippen LogP contribution >= 0.6 is 9.12 Å². The predicted molar refractivity (Wildman–Crippen MR) is 112 cm³/mol. The van der Waals surface area contributed by atoms with E-state index in [-0.39, 0.29) is 5.91 Å². The first kappa shape index (κ1) is 20.5. The van der Waals surface area contributed by atoms with Gasteiger partial charge < -0.3 is 0 Å². The molecule has 0 aliphatic carbocycles. The molecule has 0 saturated carbocycles. The number of hydrazine groups is 1. The Morgan fingerprint density at radius 3 is 1.44 bits per heavy atom. The maximum Gasteiger partial charge on any atom is 0.265 e. The number of rotatable bonds is 3. The lowest BCUT2D eigenvalue weighted by Crippen LogP contribution is -2.31. The van der Waals surface area contributed by atoms with Crippen LogP contribution in [0.25, 0.3) is 22.3 Å². The molecule has 138 valence electrons. The Bertz CT molecular complexity index is 875. The van der Waals surface area contributed by atoms with E-state index in [0.29, 0.717) is 5.56 Å². The summed E-state index contributed by atoms with van der Waals surface area (Å²) < 4.78 is 8.06. The Kier molecular flexibility index (Phi) is 7.00. The van der Waals surface area contributed by atoms with Gasteiger partial charge in [0.2, 0.25) is 0 Å². The summed E-state index contributed by atoms with van der Waals surface area (Å²) in [6.07, 6.45) is 0. The third-order valence-corrected chi connectivity index (χ3v) is 4.73. The number of nitrogen functional groups attached to an aromatic ring is 1. The molecule has 0 fully saturated rings. The SMILES string of the molecule is Cc1c(C(=O)NN)c(C)c(-c2ccccc2)c(C)c1-c1ccccc1.O=P. The van der Waals surface area contributed by atoms with Gasteiger partial charge in [-0.15, -0.1) is 0 Å². The van der Waals surface area contributed by atoms with E-state index in [0.717, 1.165) is 33.4 Å². The lowest BCUT2D eigenvalue weighted by molar-refractivity contribution is 0.0952. The van der Waals surface area contributed by atoms with Crippen molar-refractivity contribution in [3.63, 3.8) is 0 Å². The third kappa shape index (κ3) is 3.97. The van der Waals surface area contributed by atoms with E-state index in [2.05, 4.69) is 36.6 Å². The van der Waals surface area contributed by atoms with Gasteiger partial charge in [-0.3, -0.25) is 14.8 Å². The highest BCUT2D eigenvalue weighted by Gasteiger charge is 2.22. The van der Waals surface area contributed by atoms with E-state index >= 15 is 0 Å². The molecule has 3 aromatic carbocycles. The molecule has 0 aliphatic rings. The van der Waals surface area contributed by atoms with Crippen LogP contribution in [-0.2, 0) is 4.57 Å². The number of hydrogen-bond donors (Lipinski definition) is 2. The summed E-state index contributed by atoms with van der Waals surface area (Å²) in [6.45, 7) is 6.10. The Morgan fingerprint density at radius 2 is 1.11 bits per heavy atom. The van der Waals surface area contributed by atoms with Gasteiger partial charge >= 0.3 is 0 Å². The Labute approximate surface area is 162 Å². The molecule has 5 heteroatoms. The molecule has 0 heterocycles. The molecule has 3 aromatic rings. The Balaban J connectivity index is 0.00000126. The lowest BCUT2D eigenvalue weighted by Gasteiger charge is -2.22. The molecule has 0 spiro atoms. The molecule has 0 aromatic heterocycles. The maximum atomic E-state index is 12.5. The second kappa shape index (κ2) is 9.22. The van der Waals surface area contributed by atoms with Gasteiger partial charge in [-0.1, -0.05) is 60.7 Å². The average molecular weight is 378 g/mol. The van der Waals surface area contributed by atoms with Crippen LogP contribution in [0.2, 0.25) is 0 Å². The van der Waals surface area contributed by atoms with Crippen molar-refractivity contribution in [2.75, 3.05) is 0 Å². The molecular weight excluding hydrogens is 355 g/mol. The van der Waals surface area contributed by atoms with Crippen molar-refractivity contribution in [1.29, 1.82) is 0 Å².